The predicted octanol–water partition coefficient (Wildman–Crippen LogP) is 9.06. The molecule has 3 aliphatic rings. The first-order chi connectivity index (χ1) is 33.3. The minimum absolute atomic E-state index is 0.101. The summed E-state index contributed by atoms with van der Waals surface area (Å²) < 4.78 is 36.7. The number of anilines is 1. The largest absolute Gasteiger partial charge is 0.466 e. The molecule has 1 atom stereocenters. The molecule has 14 heteroatoms. The maximum Gasteiger partial charge on any atom is 0.305 e. The summed E-state index contributed by atoms with van der Waals surface area (Å²) in [6.45, 7) is 21.9. The van der Waals surface area contributed by atoms with E-state index in [4.69, 9.17) is 4.74 Å². The third-order valence-electron chi connectivity index (χ3n) is 14.0. The van der Waals surface area contributed by atoms with Gasteiger partial charge >= 0.3 is 5.97 Å². The van der Waals surface area contributed by atoms with E-state index in [1.165, 1.54) is 15.6 Å². The van der Waals surface area contributed by atoms with Gasteiger partial charge in [0.1, 0.15) is 12.0 Å². The van der Waals surface area contributed by atoms with Gasteiger partial charge in [0.25, 0.3) is 0 Å². The SMILES string of the molecule is CCCC[N+]1=C(/C=C/C2=CC(=C/C=C3/N(CCC)c4ccc(S(=O)(=O)N(C)CCCC(=O)NCC)cc4C3(C)C)/CC(C(=O)NCC)(C(=O)NCCCCCC(=O)OCC)C2)C(C)(C)c2ccccc21. The molecule has 3 amide bonds. The Kier molecular flexibility index (Phi) is 19.6. The number of allylic oxidation sites excluding steroid dienone is 8. The topological polar surface area (TPSA) is 157 Å². The Morgan fingerprint density at radius 2 is 1.51 bits per heavy atom. The van der Waals surface area contributed by atoms with Crippen molar-refractivity contribution in [3.63, 3.8) is 0 Å². The molecular weight excluding hydrogens is 901 g/mol. The van der Waals surface area contributed by atoms with Gasteiger partial charge in [-0.25, -0.2) is 12.7 Å². The highest BCUT2D eigenvalue weighted by Crippen LogP contribution is 2.49. The van der Waals surface area contributed by atoms with Gasteiger partial charge in [0.15, 0.2) is 5.71 Å². The van der Waals surface area contributed by atoms with Gasteiger partial charge in [-0.15, -0.1) is 0 Å². The van der Waals surface area contributed by atoms with Crippen molar-refractivity contribution < 1.29 is 36.9 Å². The number of rotatable bonds is 25. The van der Waals surface area contributed by atoms with Gasteiger partial charge in [-0.05, 0) is 114 Å². The number of hydrogen-bond acceptors (Lipinski definition) is 8. The summed E-state index contributed by atoms with van der Waals surface area (Å²) in [6, 6.07) is 13.9. The van der Waals surface area contributed by atoms with Crippen LogP contribution in [-0.4, -0.2) is 99.6 Å². The molecular formula is C56H81N6O7S+. The van der Waals surface area contributed by atoms with E-state index in [9.17, 15) is 27.6 Å². The number of ether oxygens (including phenoxy) is 1. The van der Waals surface area contributed by atoms with Crippen LogP contribution in [0.25, 0.3) is 0 Å². The van der Waals surface area contributed by atoms with Gasteiger partial charge in [0.05, 0.1) is 16.9 Å². The molecule has 0 saturated carbocycles. The number of hydrogen-bond donors (Lipinski definition) is 3. The number of amides is 3. The quantitative estimate of drug-likeness (QED) is 0.0385. The first-order valence-electron chi connectivity index (χ1n) is 25.8. The number of unbranched alkanes of at least 4 members (excludes halogenated alkanes) is 3. The molecule has 2 aromatic rings. The zero-order chi connectivity index (χ0) is 51.3. The summed E-state index contributed by atoms with van der Waals surface area (Å²) in [5.74, 6) is -0.998. The number of para-hydroxylation sites is 1. The summed E-state index contributed by atoms with van der Waals surface area (Å²) in [5.41, 5.74) is 5.72. The molecule has 2 aromatic carbocycles. The number of carbonyl (C=O) groups is 4. The summed E-state index contributed by atoms with van der Waals surface area (Å²) >= 11 is 0. The zero-order valence-corrected chi connectivity index (χ0v) is 44.6. The van der Waals surface area contributed by atoms with Crippen LogP contribution in [0.1, 0.15) is 144 Å². The monoisotopic (exact) mass is 982 g/mol. The molecule has 0 fully saturated rings. The minimum atomic E-state index is -3.86. The van der Waals surface area contributed by atoms with Gasteiger partial charge in [0, 0.05) is 93.5 Å². The Morgan fingerprint density at radius 3 is 2.21 bits per heavy atom. The molecule has 0 saturated heterocycles. The molecule has 13 nitrogen and oxygen atoms in total. The standard InChI is InChI=1S/C56H80N6O7S/c1-11-16-36-62-46-24-20-19-23-44(46)54(6,7)48(62)31-27-41-37-42(40-56(39-41,52(65)58-14-4)53(66)59-33-21-17-18-26-51(64)69-15-5)28-32-49-55(8,9)45-38-43(29-30-47(45)61(49)34-12-2)70(67,68)60(10)35-22-25-50(63)57-13-3/h19-20,23-24,27-32,37-38H,11-18,21-22,25-26,33-36,39-40H2,1-10H3,(H2-,57,58,59,63,65,66)/p+1. The maximum atomic E-state index is 14.7. The number of nitrogens with zero attached hydrogens (tertiary/aromatic N) is 3. The number of nitrogens with one attached hydrogen (secondary N) is 3. The number of sulfonamides is 1. The van der Waals surface area contributed by atoms with Crippen LogP contribution in [0, 0.1) is 5.41 Å². The van der Waals surface area contributed by atoms with E-state index in [-0.39, 0.29) is 59.8 Å². The lowest BCUT2D eigenvalue weighted by atomic mass is 9.70. The van der Waals surface area contributed by atoms with Gasteiger partial charge in [0.2, 0.25) is 33.4 Å². The van der Waals surface area contributed by atoms with Crippen LogP contribution in [0.4, 0.5) is 11.4 Å². The lowest BCUT2D eigenvalue weighted by molar-refractivity contribution is -0.438. The van der Waals surface area contributed by atoms with E-state index in [0.717, 1.165) is 66.0 Å². The fourth-order valence-electron chi connectivity index (χ4n) is 10.1. The number of benzene rings is 2. The lowest BCUT2D eigenvalue weighted by Crippen LogP contribution is -2.52. The van der Waals surface area contributed by atoms with Crippen molar-refractivity contribution in [2.45, 2.75) is 149 Å². The van der Waals surface area contributed by atoms with Crippen LogP contribution in [0.15, 0.2) is 94.6 Å². The van der Waals surface area contributed by atoms with E-state index in [1.54, 1.807) is 26.1 Å². The van der Waals surface area contributed by atoms with E-state index < -0.39 is 20.9 Å². The smallest absolute Gasteiger partial charge is 0.305 e. The summed E-state index contributed by atoms with van der Waals surface area (Å²) in [4.78, 5) is 55.7. The van der Waals surface area contributed by atoms with Crippen molar-refractivity contribution in [3.05, 3.63) is 101 Å². The molecule has 0 radical (unpaired) electrons. The highest BCUT2D eigenvalue weighted by atomic mass is 32.2. The van der Waals surface area contributed by atoms with Crippen LogP contribution in [0.2, 0.25) is 0 Å². The average molecular weight is 982 g/mol. The van der Waals surface area contributed by atoms with Crippen LogP contribution < -0.4 is 20.9 Å². The molecule has 2 aliphatic heterocycles. The minimum Gasteiger partial charge on any atom is -0.466 e. The maximum absolute atomic E-state index is 14.7. The van der Waals surface area contributed by atoms with Gasteiger partial charge in [-0.1, -0.05) is 77.0 Å². The van der Waals surface area contributed by atoms with E-state index >= 15 is 0 Å². The van der Waals surface area contributed by atoms with E-state index in [1.807, 2.05) is 26.0 Å². The summed E-state index contributed by atoms with van der Waals surface area (Å²) in [7, 11) is -2.31. The van der Waals surface area contributed by atoms with Gasteiger partial charge < -0.3 is 25.6 Å². The highest BCUT2D eigenvalue weighted by molar-refractivity contribution is 7.89. The Morgan fingerprint density at radius 1 is 0.786 bits per heavy atom. The van der Waals surface area contributed by atoms with Crippen molar-refractivity contribution in [1.29, 1.82) is 0 Å². The third-order valence-corrected chi connectivity index (χ3v) is 15.8. The highest BCUT2D eigenvalue weighted by Gasteiger charge is 2.49. The van der Waals surface area contributed by atoms with Crippen molar-refractivity contribution in [2.75, 3.05) is 57.8 Å². The molecule has 382 valence electrons. The number of esters is 1. The number of fused-ring (bicyclic) bond motifs is 2. The third kappa shape index (κ3) is 12.6. The van der Waals surface area contributed by atoms with Crippen molar-refractivity contribution >= 4 is 50.8 Å². The summed E-state index contributed by atoms with van der Waals surface area (Å²) in [5, 5.41) is 8.92. The molecule has 0 bridgehead atoms. The van der Waals surface area contributed by atoms with Crippen LogP contribution in [-0.2, 0) is 44.8 Å². The van der Waals surface area contributed by atoms with E-state index in [2.05, 4.69) is 116 Å². The molecule has 0 aromatic heterocycles. The average Bonchev–Trinajstić information content (AvgIpc) is 3.67. The Hall–Kier alpha value is -5.34. The number of carbonyl (C=O) groups excluding carboxylic acids is 4. The fraction of sp³-hybridized carbons (Fsp3) is 0.554. The first kappa shape index (κ1) is 55.6. The van der Waals surface area contributed by atoms with Crippen LogP contribution >= 0.6 is 0 Å². The molecule has 1 aliphatic carbocycles. The Bertz CT molecular complexity index is 2500. The van der Waals surface area contributed by atoms with Crippen LogP contribution in [0.5, 0.6) is 0 Å². The molecule has 1 unspecified atom stereocenters. The van der Waals surface area contributed by atoms with Gasteiger partial charge in [-0.3, -0.25) is 19.2 Å². The second kappa shape index (κ2) is 24.7. The predicted molar refractivity (Wildman–Crippen MR) is 281 cm³/mol. The van der Waals surface area contributed by atoms with Gasteiger partial charge in [-0.2, -0.15) is 4.58 Å². The zero-order valence-electron chi connectivity index (χ0n) is 43.8. The van der Waals surface area contributed by atoms with Crippen LogP contribution in [0.3, 0.4) is 0 Å². The van der Waals surface area contributed by atoms with Crippen molar-refractivity contribution in [3.8, 4) is 0 Å². The molecule has 5 rings (SSSR count). The molecule has 70 heavy (non-hydrogen) atoms. The van der Waals surface area contributed by atoms with Crippen molar-refractivity contribution in [2.24, 2.45) is 5.41 Å². The second-order valence-corrected chi connectivity index (χ2v) is 21.9. The Balaban J connectivity index is 1.56. The lowest BCUT2D eigenvalue weighted by Gasteiger charge is -2.35. The molecule has 0 spiro atoms. The normalized spacial score (nSPS) is 19.4. The summed E-state index contributed by atoms with van der Waals surface area (Å²) in [6.07, 6.45) is 16.8. The Labute approximate surface area is 419 Å². The van der Waals surface area contributed by atoms with Crippen molar-refractivity contribution in [1.82, 2.24) is 20.3 Å². The fourth-order valence-corrected chi connectivity index (χ4v) is 11.4. The molecule has 3 N–H and O–H groups in total. The second-order valence-electron chi connectivity index (χ2n) is 19.9. The first-order valence-corrected chi connectivity index (χ1v) is 27.2. The van der Waals surface area contributed by atoms with E-state index in [0.29, 0.717) is 58.5 Å². The molecule has 2 heterocycles.